The van der Waals surface area contributed by atoms with Crippen molar-refractivity contribution in [2.45, 2.75) is 105 Å². The van der Waals surface area contributed by atoms with Crippen molar-refractivity contribution in [1.29, 1.82) is 0 Å². The van der Waals surface area contributed by atoms with E-state index >= 15 is 0 Å². The molecule has 8 atom stereocenters. The molecule has 0 amide bonds. The molecule has 5 nitrogen and oxygen atoms in total. The number of anilines is 1. The zero-order valence-electron chi connectivity index (χ0n) is 24.7. The Morgan fingerprint density at radius 1 is 1.08 bits per heavy atom. The molecule has 5 aliphatic carbocycles. The molecule has 5 aliphatic rings. The molecule has 1 unspecified atom stereocenters. The molecule has 0 spiro atoms. The maximum atomic E-state index is 12.5. The molecule has 3 fully saturated rings. The minimum atomic E-state index is -0.594. The number of H-pyrrole nitrogens is 1. The molecule has 208 valence electrons. The SMILES string of the molecule is C=CC1=C2[C@H]3CC(C)(C)C[C@@H](C(=O)O)[C@H]3CC[C@@]2(C)[C@]2(C)CC[C@H]3C(C)(C)c4n[nH]c(N)c4C[C@]3(C)C2C1. The summed E-state index contributed by atoms with van der Waals surface area (Å²) in [6, 6.07) is 0. The van der Waals surface area contributed by atoms with E-state index in [9.17, 15) is 9.90 Å². The Labute approximate surface area is 229 Å². The van der Waals surface area contributed by atoms with Crippen molar-refractivity contribution in [2.24, 2.45) is 51.2 Å². The van der Waals surface area contributed by atoms with Crippen molar-refractivity contribution in [3.05, 3.63) is 35.1 Å². The summed E-state index contributed by atoms with van der Waals surface area (Å²) in [6.45, 7) is 21.4. The molecule has 0 aliphatic heterocycles. The molecule has 0 aromatic carbocycles. The maximum absolute atomic E-state index is 12.5. The van der Waals surface area contributed by atoms with Crippen molar-refractivity contribution in [3.63, 3.8) is 0 Å². The number of aliphatic carboxylic acids is 1. The minimum absolute atomic E-state index is 0.0310. The lowest BCUT2D eigenvalue weighted by Crippen LogP contribution is -2.64. The summed E-state index contributed by atoms with van der Waals surface area (Å²) in [6.07, 6.45) is 10.6. The Bertz CT molecular complexity index is 1240. The topological polar surface area (TPSA) is 92.0 Å². The van der Waals surface area contributed by atoms with Crippen molar-refractivity contribution in [2.75, 3.05) is 5.73 Å². The van der Waals surface area contributed by atoms with Crippen LogP contribution in [0.4, 0.5) is 5.82 Å². The molecule has 1 aromatic heterocycles. The monoisotopic (exact) mass is 519 g/mol. The van der Waals surface area contributed by atoms with Crippen molar-refractivity contribution >= 4 is 11.8 Å². The third kappa shape index (κ3) is 3.11. The third-order valence-electron chi connectivity index (χ3n) is 13.4. The number of rotatable bonds is 2. The summed E-state index contributed by atoms with van der Waals surface area (Å²) in [4.78, 5) is 12.5. The van der Waals surface area contributed by atoms with Crippen LogP contribution in [0, 0.1) is 51.2 Å². The number of allylic oxidation sites excluding steroid dienone is 3. The van der Waals surface area contributed by atoms with Crippen LogP contribution in [-0.2, 0) is 16.6 Å². The van der Waals surface area contributed by atoms with Gasteiger partial charge in [0.05, 0.1) is 11.6 Å². The molecule has 0 bridgehead atoms. The molecular formula is C33H49N3O2. The number of carboxylic acid groups (broad SMARTS) is 1. The Kier molecular flexibility index (Phi) is 5.37. The number of aromatic nitrogens is 2. The number of hydrogen-bond donors (Lipinski definition) is 3. The lowest BCUT2D eigenvalue weighted by molar-refractivity contribution is -0.163. The number of nitrogens with zero attached hydrogens (tertiary/aromatic N) is 1. The first kappa shape index (κ1) is 26.2. The van der Waals surface area contributed by atoms with Gasteiger partial charge in [0.2, 0.25) is 0 Å². The van der Waals surface area contributed by atoms with Crippen molar-refractivity contribution < 1.29 is 9.90 Å². The summed E-state index contributed by atoms with van der Waals surface area (Å²) in [5, 5.41) is 18.1. The van der Waals surface area contributed by atoms with Gasteiger partial charge in [0.15, 0.2) is 0 Å². The van der Waals surface area contributed by atoms with Crippen LogP contribution in [0.25, 0.3) is 0 Å². The number of nitrogen functional groups attached to an aromatic ring is 1. The fourth-order valence-electron chi connectivity index (χ4n) is 11.7. The van der Waals surface area contributed by atoms with Crippen molar-refractivity contribution in [3.8, 4) is 0 Å². The fourth-order valence-corrected chi connectivity index (χ4v) is 11.7. The third-order valence-corrected chi connectivity index (χ3v) is 13.4. The van der Waals surface area contributed by atoms with Gasteiger partial charge in [-0.25, -0.2) is 0 Å². The number of aromatic amines is 1. The average Bonchev–Trinajstić information content (AvgIpc) is 3.18. The highest BCUT2D eigenvalue weighted by Crippen LogP contribution is 2.75. The molecule has 0 saturated heterocycles. The molecule has 1 heterocycles. The van der Waals surface area contributed by atoms with Gasteiger partial charge in [-0.1, -0.05) is 66.7 Å². The van der Waals surface area contributed by atoms with Crippen LogP contribution in [0.5, 0.6) is 0 Å². The predicted molar refractivity (Wildman–Crippen MR) is 152 cm³/mol. The van der Waals surface area contributed by atoms with Crippen LogP contribution in [0.15, 0.2) is 23.8 Å². The molecule has 0 radical (unpaired) electrons. The van der Waals surface area contributed by atoms with E-state index in [0.29, 0.717) is 17.8 Å². The second kappa shape index (κ2) is 7.79. The first-order valence-corrected chi connectivity index (χ1v) is 15.0. The molecular weight excluding hydrogens is 470 g/mol. The second-order valence-electron chi connectivity index (χ2n) is 15.9. The number of fused-ring (bicyclic) bond motifs is 8. The normalized spacial score (nSPS) is 44.7. The number of nitrogens with one attached hydrogen (secondary N) is 1. The largest absolute Gasteiger partial charge is 0.481 e. The van der Waals surface area contributed by atoms with Gasteiger partial charge < -0.3 is 10.8 Å². The van der Waals surface area contributed by atoms with Gasteiger partial charge in [-0.15, -0.1) is 0 Å². The van der Waals surface area contributed by atoms with Crippen LogP contribution in [0.2, 0.25) is 0 Å². The first-order valence-electron chi connectivity index (χ1n) is 15.0. The highest BCUT2D eigenvalue weighted by molar-refractivity contribution is 5.71. The van der Waals surface area contributed by atoms with E-state index in [1.165, 1.54) is 29.7 Å². The summed E-state index contributed by atoms with van der Waals surface area (Å²) in [7, 11) is 0. The summed E-state index contributed by atoms with van der Waals surface area (Å²) < 4.78 is 0. The first-order chi connectivity index (χ1) is 17.6. The van der Waals surface area contributed by atoms with E-state index in [0.717, 1.165) is 44.3 Å². The summed E-state index contributed by atoms with van der Waals surface area (Å²) >= 11 is 0. The van der Waals surface area contributed by atoms with Crippen LogP contribution >= 0.6 is 0 Å². The molecule has 3 saturated carbocycles. The quantitative estimate of drug-likeness (QED) is 0.382. The van der Waals surface area contributed by atoms with E-state index in [2.05, 4.69) is 66.2 Å². The second-order valence-corrected chi connectivity index (χ2v) is 15.9. The lowest BCUT2D eigenvalue weighted by atomic mass is 9.33. The molecule has 4 N–H and O–H groups in total. The Hall–Kier alpha value is -2.04. The number of carboxylic acids is 1. The van der Waals surface area contributed by atoms with Gasteiger partial charge >= 0.3 is 5.97 Å². The van der Waals surface area contributed by atoms with Crippen LogP contribution in [0.3, 0.4) is 0 Å². The standard InChI is InChI=1S/C33H49N3O2/c1-9-18-14-24-31(6)17-22-26(35-36-27(22)34)30(4,5)23(31)11-13-32(24,7)33(8)12-10-19-20(25(18)33)15-29(2,3)16-21(19)28(37)38/h9,19-21,23-24H,1,10-17H2,2-8H3,(H,37,38)(H3,34,35,36)/t19-,20-,21+,23-,24?,31-,32+,33+/m0/s1. The molecule has 6 rings (SSSR count). The fraction of sp³-hybridized carbons (Fsp3) is 0.758. The van der Waals surface area contributed by atoms with Crippen molar-refractivity contribution in [1.82, 2.24) is 10.2 Å². The highest BCUT2D eigenvalue weighted by Gasteiger charge is 2.68. The van der Waals surface area contributed by atoms with Crippen LogP contribution in [-0.4, -0.2) is 21.3 Å². The van der Waals surface area contributed by atoms with E-state index in [-0.39, 0.29) is 38.9 Å². The van der Waals surface area contributed by atoms with E-state index in [4.69, 9.17) is 10.8 Å². The van der Waals surface area contributed by atoms with Gasteiger partial charge in [-0.3, -0.25) is 9.89 Å². The van der Waals surface area contributed by atoms with Crippen LogP contribution in [0.1, 0.15) is 105 Å². The Morgan fingerprint density at radius 2 is 1.79 bits per heavy atom. The number of carbonyl (C=O) groups is 1. The van der Waals surface area contributed by atoms with Gasteiger partial charge in [0.25, 0.3) is 0 Å². The Morgan fingerprint density at radius 3 is 2.45 bits per heavy atom. The van der Waals surface area contributed by atoms with Gasteiger partial charge in [0.1, 0.15) is 5.82 Å². The molecule has 5 heteroatoms. The molecule has 38 heavy (non-hydrogen) atoms. The van der Waals surface area contributed by atoms with Gasteiger partial charge in [-0.2, -0.15) is 5.10 Å². The van der Waals surface area contributed by atoms with E-state index in [1.807, 2.05) is 0 Å². The predicted octanol–water partition coefficient (Wildman–Crippen LogP) is 7.30. The maximum Gasteiger partial charge on any atom is 0.306 e. The van der Waals surface area contributed by atoms with E-state index < -0.39 is 5.97 Å². The average molecular weight is 520 g/mol. The van der Waals surface area contributed by atoms with Gasteiger partial charge in [-0.05, 0) is 102 Å². The zero-order chi connectivity index (χ0) is 27.6. The van der Waals surface area contributed by atoms with Crippen LogP contribution < -0.4 is 5.73 Å². The van der Waals surface area contributed by atoms with Gasteiger partial charge in [0, 0.05) is 11.0 Å². The molecule has 1 aromatic rings. The summed E-state index contributed by atoms with van der Waals surface area (Å²) in [5.74, 6) is 1.55. The summed E-state index contributed by atoms with van der Waals surface area (Å²) in [5.41, 5.74) is 12.2. The van der Waals surface area contributed by atoms with E-state index in [1.54, 1.807) is 5.57 Å². The lowest BCUT2D eigenvalue weighted by Gasteiger charge is -2.70. The number of nitrogens with two attached hydrogens (primary N) is 1. The number of hydrogen-bond acceptors (Lipinski definition) is 3. The minimum Gasteiger partial charge on any atom is -0.481 e. The smallest absolute Gasteiger partial charge is 0.306 e. The Balaban J connectivity index is 1.51. The zero-order valence-corrected chi connectivity index (χ0v) is 24.7. The highest BCUT2D eigenvalue weighted by atomic mass is 16.4.